The van der Waals surface area contributed by atoms with Crippen molar-refractivity contribution in [2.75, 3.05) is 19.3 Å². The third kappa shape index (κ3) is 3.33. The molecule has 1 aromatic carbocycles. The van der Waals surface area contributed by atoms with Crippen LogP contribution in [-0.4, -0.2) is 38.7 Å². The molecule has 1 aliphatic rings. The highest BCUT2D eigenvalue weighted by molar-refractivity contribution is 9.10. The zero-order valence-corrected chi connectivity index (χ0v) is 12.9. The Morgan fingerprint density at radius 1 is 1.39 bits per heavy atom. The van der Waals surface area contributed by atoms with Crippen LogP contribution >= 0.6 is 15.9 Å². The van der Waals surface area contributed by atoms with Crippen LogP contribution in [0.15, 0.2) is 33.6 Å². The molecule has 5 heteroatoms. The molecule has 0 aromatic heterocycles. The molecule has 3 nitrogen and oxygen atoms in total. The Kier molecular flexibility index (Phi) is 4.45. The summed E-state index contributed by atoms with van der Waals surface area (Å²) in [4.78, 5) is 2.57. The maximum absolute atomic E-state index is 12.2. The zero-order valence-electron chi connectivity index (χ0n) is 10.5. The fourth-order valence-corrected chi connectivity index (χ4v) is 3.96. The van der Waals surface area contributed by atoms with Gasteiger partial charge in [0.25, 0.3) is 0 Å². The lowest BCUT2D eigenvalue weighted by molar-refractivity contribution is 0.168. The van der Waals surface area contributed by atoms with Crippen molar-refractivity contribution in [1.82, 2.24) is 4.90 Å². The van der Waals surface area contributed by atoms with Gasteiger partial charge in [0.1, 0.15) is 0 Å². The van der Waals surface area contributed by atoms with Crippen LogP contribution in [0, 0.1) is 0 Å². The van der Waals surface area contributed by atoms with E-state index in [0.717, 1.165) is 4.47 Å². The minimum absolute atomic E-state index is 0.191. The first kappa shape index (κ1) is 14.0. The van der Waals surface area contributed by atoms with E-state index in [4.69, 9.17) is 0 Å². The van der Waals surface area contributed by atoms with E-state index in [9.17, 15) is 8.42 Å². The monoisotopic (exact) mass is 331 g/mol. The predicted octanol–water partition coefficient (Wildman–Crippen LogP) is 2.71. The van der Waals surface area contributed by atoms with Gasteiger partial charge in [0.2, 0.25) is 0 Å². The van der Waals surface area contributed by atoms with Gasteiger partial charge in [-0.05, 0) is 38.1 Å². The lowest BCUT2D eigenvalue weighted by Crippen LogP contribution is -2.39. The first-order chi connectivity index (χ1) is 8.49. The first-order valence-electron chi connectivity index (χ1n) is 6.17. The third-order valence-corrected chi connectivity index (χ3v) is 5.75. The molecule has 1 fully saturated rings. The lowest BCUT2D eigenvalue weighted by Gasteiger charge is -2.34. The fourth-order valence-electron chi connectivity index (χ4n) is 2.05. The molecule has 0 N–H and O–H groups in total. The highest BCUT2D eigenvalue weighted by atomic mass is 79.9. The second kappa shape index (κ2) is 5.72. The molecular weight excluding hydrogens is 314 g/mol. The Morgan fingerprint density at radius 2 is 2.11 bits per heavy atom. The summed E-state index contributed by atoms with van der Waals surface area (Å²) in [5.74, 6) is 0.191. The minimum atomic E-state index is -3.17. The molecule has 0 unspecified atom stereocenters. The van der Waals surface area contributed by atoms with E-state index in [1.807, 2.05) is 13.1 Å². The second-order valence-corrected chi connectivity index (χ2v) is 7.87. The van der Waals surface area contributed by atoms with Crippen molar-refractivity contribution in [2.45, 2.75) is 30.2 Å². The molecule has 1 aliphatic carbocycles. The van der Waals surface area contributed by atoms with Crippen LogP contribution in [0.4, 0.5) is 0 Å². The maximum atomic E-state index is 12.2. The van der Waals surface area contributed by atoms with Gasteiger partial charge in [-0.3, -0.25) is 0 Å². The molecule has 1 aromatic rings. The van der Waals surface area contributed by atoms with E-state index in [-0.39, 0.29) is 5.75 Å². The highest BCUT2D eigenvalue weighted by Gasteiger charge is 2.23. The Bertz CT molecular complexity index is 511. The number of sulfone groups is 1. The number of benzene rings is 1. The Morgan fingerprint density at radius 3 is 2.67 bits per heavy atom. The van der Waals surface area contributed by atoms with Crippen molar-refractivity contribution in [3.8, 4) is 0 Å². The molecular formula is C13H18BrNO2S. The average molecular weight is 332 g/mol. The zero-order chi connectivity index (χ0) is 13.2. The molecule has 2 rings (SSSR count). The molecule has 0 aliphatic heterocycles. The first-order valence-corrected chi connectivity index (χ1v) is 8.62. The number of hydrogen-bond acceptors (Lipinski definition) is 3. The van der Waals surface area contributed by atoms with Gasteiger partial charge in [-0.1, -0.05) is 28.4 Å². The van der Waals surface area contributed by atoms with Crippen LogP contribution in [0.5, 0.6) is 0 Å². The third-order valence-electron chi connectivity index (χ3n) is 3.57. The molecule has 0 atom stereocenters. The van der Waals surface area contributed by atoms with Crippen LogP contribution in [0.2, 0.25) is 0 Å². The fraction of sp³-hybridized carbons (Fsp3) is 0.538. The van der Waals surface area contributed by atoms with E-state index in [1.54, 1.807) is 18.2 Å². The van der Waals surface area contributed by atoms with E-state index < -0.39 is 9.84 Å². The topological polar surface area (TPSA) is 37.4 Å². The summed E-state index contributed by atoms with van der Waals surface area (Å²) in [6.45, 7) is 0.611. The molecule has 0 amide bonds. The van der Waals surface area contributed by atoms with E-state index in [2.05, 4.69) is 20.8 Å². The summed E-state index contributed by atoms with van der Waals surface area (Å²) in [6, 6.07) is 7.50. The van der Waals surface area contributed by atoms with Crippen molar-refractivity contribution >= 4 is 25.8 Å². The standard InChI is InChI=1S/C13H18BrNO2S/c1-15(12-5-3-6-12)8-9-18(16,17)13-7-2-4-11(14)10-13/h2,4,7,10,12H,3,5-6,8-9H2,1H3. The van der Waals surface area contributed by atoms with Crippen LogP contribution in [0.25, 0.3) is 0 Å². The normalized spacial score (nSPS) is 16.8. The van der Waals surface area contributed by atoms with Crippen LogP contribution in [-0.2, 0) is 9.84 Å². The summed E-state index contributed by atoms with van der Waals surface area (Å²) in [6.07, 6.45) is 3.67. The van der Waals surface area contributed by atoms with Gasteiger partial charge in [0, 0.05) is 17.1 Å². The van der Waals surface area contributed by atoms with E-state index in [0.29, 0.717) is 17.5 Å². The summed E-state index contributed by atoms with van der Waals surface area (Å²) in [5, 5.41) is 0. The number of nitrogens with zero attached hydrogens (tertiary/aromatic N) is 1. The number of rotatable bonds is 5. The van der Waals surface area contributed by atoms with Crippen molar-refractivity contribution in [2.24, 2.45) is 0 Å². The number of hydrogen-bond donors (Lipinski definition) is 0. The molecule has 0 bridgehead atoms. The van der Waals surface area contributed by atoms with Gasteiger partial charge in [0.15, 0.2) is 9.84 Å². The Labute approximate surface area is 117 Å². The van der Waals surface area contributed by atoms with Crippen molar-refractivity contribution < 1.29 is 8.42 Å². The molecule has 0 spiro atoms. The SMILES string of the molecule is CN(CCS(=O)(=O)c1cccc(Br)c1)C1CCC1. The second-order valence-electron chi connectivity index (χ2n) is 4.84. The van der Waals surface area contributed by atoms with Gasteiger partial charge in [-0.25, -0.2) is 8.42 Å². The lowest BCUT2D eigenvalue weighted by atomic mass is 9.92. The van der Waals surface area contributed by atoms with Crippen molar-refractivity contribution in [3.05, 3.63) is 28.7 Å². The van der Waals surface area contributed by atoms with Crippen LogP contribution < -0.4 is 0 Å². The maximum Gasteiger partial charge on any atom is 0.179 e. The van der Waals surface area contributed by atoms with Gasteiger partial charge in [0.05, 0.1) is 10.6 Å². The van der Waals surface area contributed by atoms with Gasteiger partial charge >= 0.3 is 0 Å². The van der Waals surface area contributed by atoms with E-state index in [1.165, 1.54) is 19.3 Å². The molecule has 100 valence electrons. The van der Waals surface area contributed by atoms with Gasteiger partial charge in [-0.2, -0.15) is 0 Å². The van der Waals surface area contributed by atoms with Gasteiger partial charge < -0.3 is 4.90 Å². The van der Waals surface area contributed by atoms with Gasteiger partial charge in [-0.15, -0.1) is 0 Å². The summed E-state index contributed by atoms with van der Waals surface area (Å²) in [7, 11) is -1.15. The van der Waals surface area contributed by atoms with Crippen LogP contribution in [0.3, 0.4) is 0 Å². The van der Waals surface area contributed by atoms with Crippen molar-refractivity contribution in [3.63, 3.8) is 0 Å². The largest absolute Gasteiger partial charge is 0.302 e. The summed E-state index contributed by atoms with van der Waals surface area (Å²) < 4.78 is 25.1. The quantitative estimate of drug-likeness (QED) is 0.832. The summed E-state index contributed by atoms with van der Waals surface area (Å²) >= 11 is 3.30. The minimum Gasteiger partial charge on any atom is -0.302 e. The summed E-state index contributed by atoms with van der Waals surface area (Å²) in [5.41, 5.74) is 0. The average Bonchev–Trinajstić information content (AvgIpc) is 2.24. The molecule has 0 saturated heterocycles. The molecule has 0 radical (unpaired) electrons. The predicted molar refractivity (Wildman–Crippen MR) is 76.5 cm³/mol. The van der Waals surface area contributed by atoms with E-state index >= 15 is 0 Å². The molecule has 18 heavy (non-hydrogen) atoms. The Balaban J connectivity index is 1.98. The smallest absolute Gasteiger partial charge is 0.179 e. The molecule has 1 saturated carbocycles. The molecule has 0 heterocycles. The Hall–Kier alpha value is -0.390. The number of halogens is 1. The highest BCUT2D eigenvalue weighted by Crippen LogP contribution is 2.24. The van der Waals surface area contributed by atoms with Crippen molar-refractivity contribution in [1.29, 1.82) is 0 Å². The van der Waals surface area contributed by atoms with Crippen LogP contribution in [0.1, 0.15) is 19.3 Å².